The average molecular weight is 617 g/mol. The van der Waals surface area contributed by atoms with Gasteiger partial charge in [-0.3, -0.25) is 14.4 Å². The van der Waals surface area contributed by atoms with Gasteiger partial charge in [-0.25, -0.2) is 0 Å². The molecule has 8 atom stereocenters. The highest BCUT2D eigenvalue weighted by Gasteiger charge is 2.87. The first-order chi connectivity index (χ1) is 20.8. The lowest BCUT2D eigenvalue weighted by Crippen LogP contribution is -2.66. The van der Waals surface area contributed by atoms with Gasteiger partial charge >= 0.3 is 11.9 Å². The second-order valence-corrected chi connectivity index (χ2v) is 14.6. The van der Waals surface area contributed by atoms with Crippen LogP contribution in [-0.4, -0.2) is 62.6 Å². The first-order valence-electron chi connectivity index (χ1n) is 17.2. The minimum Gasteiger partial charge on any atom is -0.458 e. The number of aliphatic hydroxyl groups excluding tert-OH is 1. The minimum atomic E-state index is -1.93. The number of Topliss-reactive ketones (excluding diaryl/α,β-unsaturated/α-hetero) is 1. The molecular weight excluding hydrogens is 560 g/mol. The molecule has 0 aromatic rings. The van der Waals surface area contributed by atoms with Crippen LogP contribution in [0.1, 0.15) is 125 Å². The quantitative estimate of drug-likeness (QED) is 0.120. The zero-order chi connectivity index (χ0) is 32.5. The Morgan fingerprint density at radius 1 is 0.909 bits per heavy atom. The Morgan fingerprint density at radius 2 is 1.52 bits per heavy atom. The highest BCUT2D eigenvalue weighted by Crippen LogP contribution is 2.77. The van der Waals surface area contributed by atoms with Crippen LogP contribution in [0.2, 0.25) is 0 Å². The molecule has 4 aliphatic rings. The SMILES string of the molecule is CCCCCCCCCCCC(=O)OC12C(OC(=O)CCC)C(C)C3(O)C(C=C(CO)CC4(O)C(=O)C(C)=CC43)C1C2(C)C. The van der Waals surface area contributed by atoms with Crippen LogP contribution in [0.5, 0.6) is 0 Å². The van der Waals surface area contributed by atoms with E-state index in [9.17, 15) is 29.7 Å². The number of ketones is 1. The van der Waals surface area contributed by atoms with Crippen LogP contribution in [-0.2, 0) is 23.9 Å². The Morgan fingerprint density at radius 3 is 2.11 bits per heavy atom. The zero-order valence-corrected chi connectivity index (χ0v) is 27.8. The molecule has 0 spiro atoms. The molecule has 8 nitrogen and oxygen atoms in total. The zero-order valence-electron chi connectivity index (χ0n) is 27.8. The lowest BCUT2D eigenvalue weighted by atomic mass is 9.59. The van der Waals surface area contributed by atoms with E-state index in [1.54, 1.807) is 26.0 Å². The maximum absolute atomic E-state index is 13.5. The summed E-state index contributed by atoms with van der Waals surface area (Å²) in [6.45, 7) is 11.0. The molecule has 4 aliphatic carbocycles. The first kappa shape index (κ1) is 34.8. The van der Waals surface area contributed by atoms with Crippen LogP contribution in [0.4, 0.5) is 0 Å². The van der Waals surface area contributed by atoms with Crippen molar-refractivity contribution in [2.75, 3.05) is 6.61 Å². The van der Waals surface area contributed by atoms with E-state index in [1.807, 2.05) is 20.8 Å². The molecule has 0 radical (unpaired) electrons. The number of esters is 2. The second kappa shape index (κ2) is 13.4. The molecule has 0 aromatic heterocycles. The van der Waals surface area contributed by atoms with Gasteiger partial charge in [0.25, 0.3) is 0 Å². The molecule has 0 saturated heterocycles. The van der Waals surface area contributed by atoms with E-state index < -0.39 is 63.7 Å². The predicted octanol–water partition coefficient (Wildman–Crippen LogP) is 5.75. The Labute approximate surface area is 263 Å². The van der Waals surface area contributed by atoms with Crippen molar-refractivity contribution >= 4 is 17.7 Å². The van der Waals surface area contributed by atoms with Gasteiger partial charge in [0, 0.05) is 48.3 Å². The smallest absolute Gasteiger partial charge is 0.306 e. The van der Waals surface area contributed by atoms with Gasteiger partial charge in [0.05, 0.1) is 12.2 Å². The second-order valence-electron chi connectivity index (χ2n) is 14.6. The topological polar surface area (TPSA) is 130 Å². The van der Waals surface area contributed by atoms with Crippen molar-refractivity contribution in [3.05, 3.63) is 23.3 Å². The Balaban J connectivity index is 1.62. The van der Waals surface area contributed by atoms with Gasteiger partial charge in [-0.2, -0.15) is 0 Å². The van der Waals surface area contributed by atoms with Gasteiger partial charge < -0.3 is 24.8 Å². The van der Waals surface area contributed by atoms with Gasteiger partial charge in [0.15, 0.2) is 11.4 Å². The highest BCUT2D eigenvalue weighted by molar-refractivity contribution is 6.04. The van der Waals surface area contributed by atoms with Crippen LogP contribution in [0, 0.1) is 29.1 Å². The average Bonchev–Trinajstić information content (AvgIpc) is 3.40. The summed E-state index contributed by atoms with van der Waals surface area (Å²) in [7, 11) is 0. The fraction of sp³-hybridized carbons (Fsp3) is 0.806. The van der Waals surface area contributed by atoms with E-state index >= 15 is 0 Å². The third-order valence-corrected chi connectivity index (χ3v) is 11.4. The summed E-state index contributed by atoms with van der Waals surface area (Å²) in [5, 5.41) is 34.9. The van der Waals surface area contributed by atoms with Crippen molar-refractivity contribution in [2.45, 2.75) is 148 Å². The van der Waals surface area contributed by atoms with E-state index in [1.165, 1.54) is 32.1 Å². The number of hydrogen-bond donors (Lipinski definition) is 3. The lowest BCUT2D eigenvalue weighted by Gasteiger charge is -2.53. The fourth-order valence-corrected chi connectivity index (χ4v) is 9.05. The van der Waals surface area contributed by atoms with Crippen LogP contribution in [0.3, 0.4) is 0 Å². The molecular formula is C36H56O8. The predicted molar refractivity (Wildman–Crippen MR) is 167 cm³/mol. The fourth-order valence-electron chi connectivity index (χ4n) is 9.05. The molecule has 3 N–H and O–H groups in total. The number of carbonyl (C=O) groups excluding carboxylic acids is 3. The van der Waals surface area contributed by atoms with Crippen LogP contribution in [0.25, 0.3) is 0 Å². The molecule has 4 rings (SSSR count). The Hall–Kier alpha value is -2.03. The normalized spacial score (nSPS) is 36.8. The van der Waals surface area contributed by atoms with Gasteiger partial charge in [-0.05, 0) is 30.9 Å². The molecule has 248 valence electrons. The summed E-state index contributed by atoms with van der Waals surface area (Å²) in [6.07, 6.45) is 13.5. The van der Waals surface area contributed by atoms with E-state index in [2.05, 4.69) is 6.92 Å². The maximum atomic E-state index is 13.5. The molecule has 2 fully saturated rings. The number of unbranched alkanes of at least 4 members (excludes halogenated alkanes) is 8. The molecule has 0 bridgehead atoms. The highest BCUT2D eigenvalue weighted by atomic mass is 16.6. The Bertz CT molecular complexity index is 1150. The van der Waals surface area contributed by atoms with E-state index in [0.29, 0.717) is 24.0 Å². The van der Waals surface area contributed by atoms with Crippen molar-refractivity contribution in [3.63, 3.8) is 0 Å². The third kappa shape index (κ3) is 5.72. The van der Waals surface area contributed by atoms with E-state index in [0.717, 1.165) is 19.3 Å². The standard InChI is InChI=1S/C36H56O8/c1-7-9-10-11-12-13-14-15-16-18-29(39)44-36-30(33(36,5)6)26-20-25(22-37)21-34(41)27(19-23(3)31(34)40)35(26,42)24(4)32(36)43-28(38)17-8-2/h19-20,24,26-27,30,32,37,41-42H,7-18,21-22H2,1-6H3. The summed E-state index contributed by atoms with van der Waals surface area (Å²) in [5.41, 5.74) is -4.70. The van der Waals surface area contributed by atoms with Crippen molar-refractivity contribution in [2.24, 2.45) is 29.1 Å². The first-order valence-corrected chi connectivity index (χ1v) is 17.2. The molecule has 8 unspecified atom stereocenters. The minimum absolute atomic E-state index is 0.106. The number of fused-ring (bicyclic) bond motifs is 5. The molecule has 0 amide bonds. The van der Waals surface area contributed by atoms with Gasteiger partial charge in [-0.15, -0.1) is 0 Å². The summed E-state index contributed by atoms with van der Waals surface area (Å²) in [6, 6.07) is 0. The summed E-state index contributed by atoms with van der Waals surface area (Å²) in [4.78, 5) is 39.8. The number of hydrogen-bond acceptors (Lipinski definition) is 8. The summed E-state index contributed by atoms with van der Waals surface area (Å²) in [5.74, 6) is -4.16. The number of rotatable bonds is 15. The third-order valence-electron chi connectivity index (χ3n) is 11.4. The molecule has 0 aliphatic heterocycles. The van der Waals surface area contributed by atoms with E-state index in [-0.39, 0.29) is 31.8 Å². The van der Waals surface area contributed by atoms with Crippen LogP contribution in [0.15, 0.2) is 23.3 Å². The molecule has 0 aromatic carbocycles. The van der Waals surface area contributed by atoms with Crippen molar-refractivity contribution in [1.29, 1.82) is 0 Å². The number of carbonyl (C=O) groups is 3. The molecule has 8 heteroatoms. The van der Waals surface area contributed by atoms with Crippen LogP contribution >= 0.6 is 0 Å². The monoisotopic (exact) mass is 616 g/mol. The molecule has 44 heavy (non-hydrogen) atoms. The van der Waals surface area contributed by atoms with Gasteiger partial charge in [-0.1, -0.05) is 98.1 Å². The lowest BCUT2D eigenvalue weighted by molar-refractivity contribution is -0.229. The van der Waals surface area contributed by atoms with Crippen LogP contribution < -0.4 is 0 Å². The summed E-state index contributed by atoms with van der Waals surface area (Å²) >= 11 is 0. The van der Waals surface area contributed by atoms with Gasteiger partial charge in [0.1, 0.15) is 11.7 Å². The number of ether oxygens (including phenoxy) is 2. The van der Waals surface area contributed by atoms with Gasteiger partial charge in [0.2, 0.25) is 0 Å². The molecule has 0 heterocycles. The van der Waals surface area contributed by atoms with Crippen molar-refractivity contribution in [3.8, 4) is 0 Å². The van der Waals surface area contributed by atoms with E-state index in [4.69, 9.17) is 9.47 Å². The Kier molecular flexibility index (Phi) is 10.6. The van der Waals surface area contributed by atoms with Crippen molar-refractivity contribution < 1.29 is 39.2 Å². The summed E-state index contributed by atoms with van der Waals surface area (Å²) < 4.78 is 12.6. The largest absolute Gasteiger partial charge is 0.458 e. The van der Waals surface area contributed by atoms with Crippen molar-refractivity contribution in [1.82, 2.24) is 0 Å². The molecule has 2 saturated carbocycles. The maximum Gasteiger partial charge on any atom is 0.306 e. The number of aliphatic hydroxyl groups is 3.